The Kier molecular flexibility index (Phi) is 4.68. The van der Waals surface area contributed by atoms with Crippen molar-refractivity contribution in [2.75, 3.05) is 38.3 Å². The largest absolute Gasteiger partial charge is 0.494 e. The van der Waals surface area contributed by atoms with Crippen molar-refractivity contribution < 1.29 is 9.47 Å². The minimum atomic E-state index is -0.0239. The number of hydrogen-bond acceptors (Lipinski definition) is 6. The van der Waals surface area contributed by atoms with Crippen LogP contribution in [-0.2, 0) is 4.74 Å². The highest BCUT2D eigenvalue weighted by molar-refractivity contribution is 5.93. The molecule has 2 aromatic heterocycles. The Morgan fingerprint density at radius 2 is 1.93 bits per heavy atom. The smallest absolute Gasteiger partial charge is 0.191 e. The summed E-state index contributed by atoms with van der Waals surface area (Å²) in [5, 5.41) is 9.26. The van der Waals surface area contributed by atoms with E-state index in [1.54, 1.807) is 17.9 Å². The first-order valence-corrected chi connectivity index (χ1v) is 9.79. The molecule has 0 bridgehead atoms. The van der Waals surface area contributed by atoms with Gasteiger partial charge in [-0.3, -0.25) is 4.79 Å². The van der Waals surface area contributed by atoms with Gasteiger partial charge in [0.2, 0.25) is 0 Å². The van der Waals surface area contributed by atoms with Gasteiger partial charge in [-0.1, -0.05) is 29.5 Å². The second-order valence-electron chi connectivity index (χ2n) is 7.07. The Balaban J connectivity index is 1.62. The summed E-state index contributed by atoms with van der Waals surface area (Å²) in [6.07, 6.45) is 1.84. The number of fused-ring (bicyclic) bond motifs is 1. The van der Waals surface area contributed by atoms with Gasteiger partial charge in [0.15, 0.2) is 5.43 Å². The SMILES string of the molecule is COc1ccccc1-n1cc(-c2cccc3c(=O)cc(N4CCOCC4)[nH]c23)nn1. The minimum Gasteiger partial charge on any atom is -0.494 e. The summed E-state index contributed by atoms with van der Waals surface area (Å²) in [5.41, 5.74) is 3.01. The summed E-state index contributed by atoms with van der Waals surface area (Å²) in [6, 6.07) is 14.9. The summed E-state index contributed by atoms with van der Waals surface area (Å²) in [7, 11) is 1.62. The molecule has 0 radical (unpaired) electrons. The molecule has 5 rings (SSSR count). The maximum absolute atomic E-state index is 12.8. The lowest BCUT2D eigenvalue weighted by atomic mass is 10.1. The van der Waals surface area contributed by atoms with Crippen LogP contribution in [0, 0.1) is 0 Å². The van der Waals surface area contributed by atoms with Gasteiger partial charge >= 0.3 is 0 Å². The molecule has 2 aromatic carbocycles. The van der Waals surface area contributed by atoms with Crippen LogP contribution in [0.4, 0.5) is 5.82 Å². The minimum absolute atomic E-state index is 0.0239. The van der Waals surface area contributed by atoms with Gasteiger partial charge in [-0.2, -0.15) is 0 Å². The van der Waals surface area contributed by atoms with E-state index in [0.717, 1.165) is 35.7 Å². The zero-order valence-corrected chi connectivity index (χ0v) is 16.5. The number of para-hydroxylation sites is 3. The average Bonchev–Trinajstić information content (AvgIpc) is 3.29. The van der Waals surface area contributed by atoms with Crippen LogP contribution >= 0.6 is 0 Å². The molecule has 8 heteroatoms. The van der Waals surface area contributed by atoms with Crippen LogP contribution in [-0.4, -0.2) is 53.4 Å². The van der Waals surface area contributed by atoms with Gasteiger partial charge in [-0.05, 0) is 18.2 Å². The van der Waals surface area contributed by atoms with Crippen LogP contribution in [0.2, 0.25) is 0 Å². The lowest BCUT2D eigenvalue weighted by Gasteiger charge is -2.28. The number of nitrogens with one attached hydrogen (secondary N) is 1. The number of pyridine rings is 1. The molecule has 1 fully saturated rings. The van der Waals surface area contributed by atoms with E-state index in [2.05, 4.69) is 20.2 Å². The van der Waals surface area contributed by atoms with Crippen molar-refractivity contribution in [3.05, 3.63) is 65.0 Å². The van der Waals surface area contributed by atoms with E-state index in [-0.39, 0.29) is 5.43 Å². The van der Waals surface area contributed by atoms with E-state index >= 15 is 0 Å². The van der Waals surface area contributed by atoms with Crippen molar-refractivity contribution >= 4 is 16.7 Å². The molecule has 1 aliphatic rings. The number of methoxy groups -OCH3 is 1. The number of aromatic amines is 1. The van der Waals surface area contributed by atoms with Crippen LogP contribution in [0.3, 0.4) is 0 Å². The lowest BCUT2D eigenvalue weighted by molar-refractivity contribution is 0.122. The third-order valence-corrected chi connectivity index (χ3v) is 5.30. The number of H-pyrrole nitrogens is 1. The van der Waals surface area contributed by atoms with Gasteiger partial charge in [-0.15, -0.1) is 5.10 Å². The molecule has 152 valence electrons. The van der Waals surface area contributed by atoms with Crippen molar-refractivity contribution in [3.8, 4) is 22.7 Å². The summed E-state index contributed by atoms with van der Waals surface area (Å²) >= 11 is 0. The second-order valence-corrected chi connectivity index (χ2v) is 7.07. The fraction of sp³-hybridized carbons (Fsp3) is 0.227. The maximum atomic E-state index is 12.8. The van der Waals surface area contributed by atoms with Crippen LogP contribution in [0.1, 0.15) is 0 Å². The number of morpholine rings is 1. The molecular formula is C22H21N5O3. The highest BCUT2D eigenvalue weighted by atomic mass is 16.5. The number of hydrogen-bond donors (Lipinski definition) is 1. The summed E-state index contributed by atoms with van der Waals surface area (Å²) in [4.78, 5) is 18.4. The molecule has 30 heavy (non-hydrogen) atoms. The molecule has 0 atom stereocenters. The number of rotatable bonds is 4. The first-order chi connectivity index (χ1) is 14.7. The standard InChI is InChI=1S/C22H21N5O3/c1-29-20-8-3-2-7-18(20)27-14-17(24-25-27)15-5-4-6-16-19(28)13-21(23-22(15)16)26-9-11-30-12-10-26/h2-8,13-14H,9-12H2,1H3,(H,23,28). The van der Waals surface area contributed by atoms with Crippen molar-refractivity contribution in [2.24, 2.45) is 0 Å². The highest BCUT2D eigenvalue weighted by Crippen LogP contribution is 2.28. The van der Waals surface area contributed by atoms with Crippen molar-refractivity contribution in [3.63, 3.8) is 0 Å². The van der Waals surface area contributed by atoms with E-state index in [0.29, 0.717) is 30.0 Å². The zero-order valence-electron chi connectivity index (χ0n) is 16.5. The summed E-state index contributed by atoms with van der Waals surface area (Å²) in [6.45, 7) is 2.78. The van der Waals surface area contributed by atoms with E-state index in [1.807, 2.05) is 48.7 Å². The number of nitrogens with zero attached hydrogens (tertiary/aromatic N) is 4. The molecule has 1 aliphatic heterocycles. The van der Waals surface area contributed by atoms with Crippen LogP contribution in [0.15, 0.2) is 59.5 Å². The number of benzene rings is 2. The number of aromatic nitrogens is 4. The molecule has 4 aromatic rings. The van der Waals surface area contributed by atoms with Gasteiger partial charge in [0.25, 0.3) is 0 Å². The highest BCUT2D eigenvalue weighted by Gasteiger charge is 2.17. The maximum Gasteiger partial charge on any atom is 0.191 e. The molecule has 1 N–H and O–H groups in total. The van der Waals surface area contributed by atoms with E-state index < -0.39 is 0 Å². The fourth-order valence-electron chi connectivity index (χ4n) is 3.77. The monoisotopic (exact) mass is 403 g/mol. The Morgan fingerprint density at radius 1 is 1.10 bits per heavy atom. The molecule has 3 heterocycles. The third-order valence-electron chi connectivity index (χ3n) is 5.30. The Labute approximate surface area is 172 Å². The quantitative estimate of drug-likeness (QED) is 0.564. The molecule has 0 amide bonds. The van der Waals surface area contributed by atoms with Crippen molar-refractivity contribution in [1.29, 1.82) is 0 Å². The Morgan fingerprint density at radius 3 is 2.77 bits per heavy atom. The third kappa shape index (κ3) is 3.21. The fourth-order valence-corrected chi connectivity index (χ4v) is 3.77. The van der Waals surface area contributed by atoms with Crippen molar-refractivity contribution in [1.82, 2.24) is 20.0 Å². The van der Waals surface area contributed by atoms with E-state index in [9.17, 15) is 4.79 Å². The Bertz CT molecular complexity index is 1260. The molecule has 1 saturated heterocycles. The van der Waals surface area contributed by atoms with Gasteiger partial charge < -0.3 is 19.4 Å². The van der Waals surface area contributed by atoms with E-state index in [4.69, 9.17) is 9.47 Å². The number of anilines is 1. The summed E-state index contributed by atoms with van der Waals surface area (Å²) < 4.78 is 12.5. The predicted molar refractivity (Wildman–Crippen MR) is 115 cm³/mol. The van der Waals surface area contributed by atoms with Crippen LogP contribution in [0.5, 0.6) is 5.75 Å². The molecule has 0 unspecified atom stereocenters. The van der Waals surface area contributed by atoms with Gasteiger partial charge in [0.05, 0.1) is 32.0 Å². The number of ether oxygens (including phenoxy) is 2. The van der Waals surface area contributed by atoms with E-state index in [1.165, 1.54) is 0 Å². The molecule has 0 spiro atoms. The second kappa shape index (κ2) is 7.64. The lowest BCUT2D eigenvalue weighted by Crippen LogP contribution is -2.37. The predicted octanol–water partition coefficient (Wildman–Crippen LogP) is 2.62. The first-order valence-electron chi connectivity index (χ1n) is 9.79. The van der Waals surface area contributed by atoms with Crippen LogP contribution < -0.4 is 15.1 Å². The molecule has 8 nitrogen and oxygen atoms in total. The average molecular weight is 403 g/mol. The van der Waals surface area contributed by atoms with Crippen LogP contribution in [0.25, 0.3) is 27.8 Å². The first kappa shape index (κ1) is 18.4. The van der Waals surface area contributed by atoms with Gasteiger partial charge in [0.1, 0.15) is 22.9 Å². The molecular weight excluding hydrogens is 382 g/mol. The zero-order chi connectivity index (χ0) is 20.5. The Hall–Kier alpha value is -3.65. The topological polar surface area (TPSA) is 85.3 Å². The molecule has 0 aliphatic carbocycles. The molecule has 0 saturated carbocycles. The van der Waals surface area contributed by atoms with Gasteiger partial charge in [-0.25, -0.2) is 4.68 Å². The summed E-state index contributed by atoms with van der Waals surface area (Å²) in [5.74, 6) is 1.50. The normalized spacial score (nSPS) is 14.2. The van der Waals surface area contributed by atoms with Crippen molar-refractivity contribution in [2.45, 2.75) is 0 Å². The van der Waals surface area contributed by atoms with Gasteiger partial charge in [0, 0.05) is 30.1 Å².